The summed E-state index contributed by atoms with van der Waals surface area (Å²) in [5.74, 6) is -1.90. The number of nitro benzene ring substituents is 1. The summed E-state index contributed by atoms with van der Waals surface area (Å²) >= 11 is 0. The third-order valence-corrected chi connectivity index (χ3v) is 5.48. The largest absolute Gasteiger partial charge is 0.481 e. The third-order valence-electron chi connectivity index (χ3n) is 5.48. The third kappa shape index (κ3) is 2.94. The van der Waals surface area contributed by atoms with Crippen molar-refractivity contribution < 1.29 is 19.6 Å². The Morgan fingerprint density at radius 1 is 1.40 bits per heavy atom. The molecule has 3 heterocycles. The Bertz CT molecular complexity index is 1260. The fourth-order valence-electron chi connectivity index (χ4n) is 4.08. The van der Waals surface area contributed by atoms with Crippen LogP contribution in [0.25, 0.3) is 22.3 Å². The van der Waals surface area contributed by atoms with E-state index >= 15 is 0 Å². The van der Waals surface area contributed by atoms with Crippen molar-refractivity contribution >= 4 is 22.6 Å². The van der Waals surface area contributed by atoms with Crippen LogP contribution in [0.3, 0.4) is 0 Å². The number of methoxy groups -OCH3 is 1. The van der Waals surface area contributed by atoms with Gasteiger partial charge in [-0.3, -0.25) is 19.7 Å². The van der Waals surface area contributed by atoms with E-state index in [1.165, 1.54) is 17.7 Å². The summed E-state index contributed by atoms with van der Waals surface area (Å²) in [4.78, 5) is 40.5. The SMILES string of the molecule is CCC(C(=O)O)c1cc2n(c(=O)c1COC)Cc1cc3cccc([N+](=O)[O-])c3nc1-2. The van der Waals surface area contributed by atoms with Crippen molar-refractivity contribution in [1.29, 1.82) is 0 Å². The number of nitrogens with zero attached hydrogens (tertiary/aromatic N) is 3. The second-order valence-corrected chi connectivity index (χ2v) is 7.19. The summed E-state index contributed by atoms with van der Waals surface area (Å²) in [7, 11) is 1.45. The average Bonchev–Trinajstić information content (AvgIpc) is 3.06. The molecule has 9 nitrogen and oxygen atoms in total. The van der Waals surface area contributed by atoms with Crippen molar-refractivity contribution in [1.82, 2.24) is 9.55 Å². The van der Waals surface area contributed by atoms with Crippen LogP contribution in [0.2, 0.25) is 0 Å². The van der Waals surface area contributed by atoms with Crippen LogP contribution in [0.5, 0.6) is 0 Å². The molecule has 4 rings (SSSR count). The monoisotopic (exact) mass is 409 g/mol. The summed E-state index contributed by atoms with van der Waals surface area (Å²) < 4.78 is 6.69. The van der Waals surface area contributed by atoms with Crippen LogP contribution in [-0.2, 0) is 22.7 Å². The van der Waals surface area contributed by atoms with Crippen LogP contribution in [0.4, 0.5) is 5.69 Å². The van der Waals surface area contributed by atoms with Crippen molar-refractivity contribution in [3.05, 3.63) is 67.5 Å². The number of aromatic nitrogens is 2. The quantitative estimate of drug-likeness (QED) is 0.383. The van der Waals surface area contributed by atoms with Gasteiger partial charge in [-0.2, -0.15) is 0 Å². The Balaban J connectivity index is 2.01. The number of hydrogen-bond donors (Lipinski definition) is 1. The van der Waals surface area contributed by atoms with E-state index in [1.54, 1.807) is 31.2 Å². The van der Waals surface area contributed by atoms with Crippen molar-refractivity contribution in [3.63, 3.8) is 0 Å². The van der Waals surface area contributed by atoms with Gasteiger partial charge in [0.25, 0.3) is 11.2 Å². The summed E-state index contributed by atoms with van der Waals surface area (Å²) in [6.45, 7) is 1.99. The van der Waals surface area contributed by atoms with E-state index in [9.17, 15) is 24.8 Å². The fraction of sp³-hybridized carbons (Fsp3) is 0.286. The van der Waals surface area contributed by atoms with Gasteiger partial charge in [-0.25, -0.2) is 4.98 Å². The molecule has 0 amide bonds. The highest BCUT2D eigenvalue weighted by Crippen LogP contribution is 2.36. The number of fused-ring (bicyclic) bond motifs is 4. The van der Waals surface area contributed by atoms with E-state index in [0.717, 1.165) is 5.56 Å². The smallest absolute Gasteiger partial charge is 0.310 e. The van der Waals surface area contributed by atoms with E-state index in [2.05, 4.69) is 4.98 Å². The Labute approximate surface area is 170 Å². The molecule has 0 saturated heterocycles. The van der Waals surface area contributed by atoms with Gasteiger partial charge in [-0.05, 0) is 24.1 Å². The first-order valence-corrected chi connectivity index (χ1v) is 9.43. The number of carboxylic acid groups (broad SMARTS) is 1. The molecule has 1 aliphatic rings. The zero-order valence-electron chi connectivity index (χ0n) is 16.4. The molecule has 1 unspecified atom stereocenters. The number of para-hydroxylation sites is 1. The predicted molar refractivity (Wildman–Crippen MR) is 109 cm³/mol. The van der Waals surface area contributed by atoms with Gasteiger partial charge in [-0.1, -0.05) is 19.1 Å². The minimum Gasteiger partial charge on any atom is -0.481 e. The lowest BCUT2D eigenvalue weighted by atomic mass is 9.92. The van der Waals surface area contributed by atoms with Gasteiger partial charge in [0.15, 0.2) is 0 Å². The predicted octanol–water partition coefficient (Wildman–Crippen LogP) is 3.06. The topological polar surface area (TPSA) is 125 Å². The fourth-order valence-corrected chi connectivity index (χ4v) is 4.08. The lowest BCUT2D eigenvalue weighted by Gasteiger charge is -2.17. The Kier molecular flexibility index (Phi) is 4.83. The van der Waals surface area contributed by atoms with Crippen LogP contribution in [0, 0.1) is 10.1 Å². The summed E-state index contributed by atoms with van der Waals surface area (Å²) in [6, 6.07) is 8.17. The number of carbonyl (C=O) groups is 1. The second kappa shape index (κ2) is 7.34. The number of benzene rings is 1. The first-order chi connectivity index (χ1) is 14.4. The number of ether oxygens (including phenoxy) is 1. The van der Waals surface area contributed by atoms with Gasteiger partial charge >= 0.3 is 5.97 Å². The average molecular weight is 409 g/mol. The van der Waals surface area contributed by atoms with E-state index in [4.69, 9.17) is 4.74 Å². The molecule has 2 aromatic heterocycles. The zero-order chi connectivity index (χ0) is 21.6. The molecule has 1 aliphatic heterocycles. The standard InChI is InChI=1S/C21H19N3O6/c1-3-13(21(26)27)14-8-17-19-12(9-23(17)20(25)15(14)10-30-2)7-11-5-4-6-16(24(28)29)18(11)22-19/h4-8,13H,3,9-10H2,1-2H3,(H,26,27). The van der Waals surface area contributed by atoms with Crippen molar-refractivity contribution in [2.45, 2.75) is 32.4 Å². The number of non-ortho nitro benzene ring substituents is 1. The molecule has 154 valence electrons. The molecular formula is C21H19N3O6. The van der Waals surface area contributed by atoms with E-state index in [-0.39, 0.29) is 29.9 Å². The molecule has 30 heavy (non-hydrogen) atoms. The summed E-state index contributed by atoms with van der Waals surface area (Å²) in [5, 5.41) is 21.7. The molecule has 1 aromatic carbocycles. The van der Waals surface area contributed by atoms with Crippen molar-refractivity contribution in [2.24, 2.45) is 0 Å². The highest BCUT2D eigenvalue weighted by Gasteiger charge is 2.30. The minimum absolute atomic E-state index is 0.00452. The molecule has 0 bridgehead atoms. The zero-order valence-corrected chi connectivity index (χ0v) is 16.4. The van der Waals surface area contributed by atoms with Crippen LogP contribution < -0.4 is 5.56 Å². The summed E-state index contributed by atoms with van der Waals surface area (Å²) in [5.41, 5.74) is 2.15. The number of aliphatic carboxylic acids is 1. The molecule has 3 aromatic rings. The van der Waals surface area contributed by atoms with Gasteiger partial charge in [-0.15, -0.1) is 0 Å². The molecule has 0 aliphatic carbocycles. The van der Waals surface area contributed by atoms with Crippen molar-refractivity contribution in [3.8, 4) is 11.4 Å². The highest BCUT2D eigenvalue weighted by molar-refractivity contribution is 5.90. The normalized spacial score (nSPS) is 13.1. The first-order valence-electron chi connectivity index (χ1n) is 9.43. The molecule has 1 atom stereocenters. The maximum atomic E-state index is 13.2. The van der Waals surface area contributed by atoms with Gasteiger partial charge < -0.3 is 14.4 Å². The van der Waals surface area contributed by atoms with E-state index in [1.807, 2.05) is 0 Å². The van der Waals surface area contributed by atoms with Gasteiger partial charge in [0.1, 0.15) is 5.52 Å². The number of rotatable bonds is 6. The Morgan fingerprint density at radius 2 is 2.17 bits per heavy atom. The molecule has 0 spiro atoms. The second-order valence-electron chi connectivity index (χ2n) is 7.19. The lowest BCUT2D eigenvalue weighted by Crippen LogP contribution is -2.27. The maximum absolute atomic E-state index is 13.2. The minimum atomic E-state index is -1.03. The van der Waals surface area contributed by atoms with Gasteiger partial charge in [0.2, 0.25) is 0 Å². The molecule has 0 radical (unpaired) electrons. The van der Waals surface area contributed by atoms with Gasteiger partial charge in [0.05, 0.1) is 35.4 Å². The van der Waals surface area contributed by atoms with Crippen molar-refractivity contribution in [2.75, 3.05) is 7.11 Å². The van der Waals surface area contributed by atoms with Crippen LogP contribution in [0.1, 0.15) is 36.0 Å². The number of pyridine rings is 2. The Hall–Kier alpha value is -3.59. The number of carboxylic acids is 1. The van der Waals surface area contributed by atoms with E-state index in [0.29, 0.717) is 34.3 Å². The first kappa shape index (κ1) is 19.7. The molecule has 9 heteroatoms. The molecular weight excluding hydrogens is 390 g/mol. The molecule has 0 saturated carbocycles. The number of nitro groups is 1. The lowest BCUT2D eigenvalue weighted by molar-refractivity contribution is -0.383. The summed E-state index contributed by atoms with van der Waals surface area (Å²) in [6.07, 6.45) is 0.304. The Morgan fingerprint density at radius 3 is 2.80 bits per heavy atom. The highest BCUT2D eigenvalue weighted by atomic mass is 16.6. The molecule has 1 N–H and O–H groups in total. The van der Waals surface area contributed by atoms with Crippen LogP contribution in [0.15, 0.2) is 35.1 Å². The van der Waals surface area contributed by atoms with E-state index < -0.39 is 16.8 Å². The van der Waals surface area contributed by atoms with Gasteiger partial charge in [0, 0.05) is 29.7 Å². The molecule has 0 fully saturated rings. The van der Waals surface area contributed by atoms with Crippen LogP contribution >= 0.6 is 0 Å². The van der Waals surface area contributed by atoms with Crippen LogP contribution in [-0.4, -0.2) is 32.7 Å². The number of hydrogen-bond acceptors (Lipinski definition) is 6. The maximum Gasteiger partial charge on any atom is 0.310 e.